The predicted molar refractivity (Wildman–Crippen MR) is 74.2 cm³/mol. The Bertz CT molecular complexity index is 573. The van der Waals surface area contributed by atoms with Gasteiger partial charge in [-0.25, -0.2) is 4.98 Å². The van der Waals surface area contributed by atoms with Crippen molar-refractivity contribution in [3.05, 3.63) is 51.8 Å². The summed E-state index contributed by atoms with van der Waals surface area (Å²) in [6.07, 6.45) is 0. The molecule has 1 aromatic heterocycles. The molecular formula is C13H12Cl2N2O. The zero-order valence-electron chi connectivity index (χ0n) is 9.78. The summed E-state index contributed by atoms with van der Waals surface area (Å²) in [5.41, 5.74) is 7.96. The molecule has 0 radical (unpaired) electrons. The summed E-state index contributed by atoms with van der Waals surface area (Å²) in [5.74, 6) is 0.752. The third kappa shape index (κ3) is 3.06. The van der Waals surface area contributed by atoms with Gasteiger partial charge in [0.05, 0.1) is 10.7 Å². The van der Waals surface area contributed by atoms with E-state index in [2.05, 4.69) is 4.98 Å². The van der Waals surface area contributed by atoms with E-state index in [0.717, 1.165) is 11.3 Å². The number of hydrogen-bond donors (Lipinski definition) is 1. The molecule has 0 aliphatic rings. The lowest BCUT2D eigenvalue weighted by atomic mass is 10.2. The first-order valence-corrected chi connectivity index (χ1v) is 6.11. The fourth-order valence-corrected chi connectivity index (χ4v) is 1.86. The van der Waals surface area contributed by atoms with E-state index in [-0.39, 0.29) is 6.61 Å². The molecule has 0 saturated carbocycles. The maximum absolute atomic E-state index is 6.01. The molecule has 2 N–H and O–H groups in total. The van der Waals surface area contributed by atoms with Crippen LogP contribution in [0.15, 0.2) is 30.3 Å². The summed E-state index contributed by atoms with van der Waals surface area (Å²) < 4.78 is 5.65. The SMILES string of the molecule is Cc1cc(N)ccc1OCc1nc(Cl)ccc1Cl. The van der Waals surface area contributed by atoms with Crippen molar-refractivity contribution >= 4 is 28.9 Å². The van der Waals surface area contributed by atoms with Gasteiger partial charge in [-0.1, -0.05) is 23.2 Å². The molecule has 0 amide bonds. The van der Waals surface area contributed by atoms with Crippen molar-refractivity contribution in [3.8, 4) is 5.75 Å². The summed E-state index contributed by atoms with van der Waals surface area (Å²) >= 11 is 11.8. The average Bonchev–Trinajstić information content (AvgIpc) is 2.32. The van der Waals surface area contributed by atoms with Gasteiger partial charge in [-0.15, -0.1) is 0 Å². The Morgan fingerprint density at radius 2 is 2.00 bits per heavy atom. The topological polar surface area (TPSA) is 48.1 Å². The monoisotopic (exact) mass is 282 g/mol. The van der Waals surface area contributed by atoms with Gasteiger partial charge in [0, 0.05) is 5.69 Å². The molecule has 0 aliphatic heterocycles. The van der Waals surface area contributed by atoms with Gasteiger partial charge in [-0.2, -0.15) is 0 Å². The van der Waals surface area contributed by atoms with E-state index in [1.165, 1.54) is 0 Å². The van der Waals surface area contributed by atoms with Crippen molar-refractivity contribution in [2.24, 2.45) is 0 Å². The lowest BCUT2D eigenvalue weighted by Crippen LogP contribution is -2.01. The van der Waals surface area contributed by atoms with Gasteiger partial charge in [-0.3, -0.25) is 0 Å². The number of aryl methyl sites for hydroxylation is 1. The normalized spacial score (nSPS) is 10.4. The first-order valence-electron chi connectivity index (χ1n) is 5.36. The summed E-state index contributed by atoms with van der Waals surface area (Å²) in [6, 6.07) is 8.80. The van der Waals surface area contributed by atoms with Gasteiger partial charge in [0.2, 0.25) is 0 Å². The molecule has 94 valence electrons. The molecule has 0 saturated heterocycles. The molecule has 0 bridgehead atoms. The van der Waals surface area contributed by atoms with Gasteiger partial charge in [0.25, 0.3) is 0 Å². The van der Waals surface area contributed by atoms with Crippen molar-refractivity contribution in [1.82, 2.24) is 4.98 Å². The standard InChI is InChI=1S/C13H12Cl2N2O/c1-8-6-9(16)2-4-12(8)18-7-11-10(14)3-5-13(15)17-11/h2-6H,7,16H2,1H3. The first-order chi connectivity index (χ1) is 8.56. The van der Waals surface area contributed by atoms with E-state index in [1.54, 1.807) is 18.2 Å². The second kappa shape index (κ2) is 5.46. The molecule has 5 heteroatoms. The quantitative estimate of drug-likeness (QED) is 0.687. The van der Waals surface area contributed by atoms with Gasteiger partial charge < -0.3 is 10.5 Å². The lowest BCUT2D eigenvalue weighted by molar-refractivity contribution is 0.299. The van der Waals surface area contributed by atoms with Gasteiger partial charge in [-0.05, 0) is 42.8 Å². The Morgan fingerprint density at radius 3 is 2.72 bits per heavy atom. The van der Waals surface area contributed by atoms with E-state index in [0.29, 0.717) is 21.6 Å². The zero-order valence-corrected chi connectivity index (χ0v) is 11.3. The fourth-order valence-electron chi connectivity index (χ4n) is 1.54. The Hall–Kier alpha value is -1.45. The lowest BCUT2D eigenvalue weighted by Gasteiger charge is -2.10. The molecule has 18 heavy (non-hydrogen) atoms. The Labute approximate surface area is 115 Å². The van der Waals surface area contributed by atoms with Crippen LogP contribution in [0.3, 0.4) is 0 Å². The minimum absolute atomic E-state index is 0.268. The maximum Gasteiger partial charge on any atom is 0.132 e. The Balaban J connectivity index is 2.13. The smallest absolute Gasteiger partial charge is 0.132 e. The Kier molecular flexibility index (Phi) is 3.94. The number of nitrogens with zero attached hydrogens (tertiary/aromatic N) is 1. The van der Waals surface area contributed by atoms with Crippen LogP contribution in [0, 0.1) is 6.92 Å². The van der Waals surface area contributed by atoms with Crippen LogP contribution in [-0.2, 0) is 6.61 Å². The molecule has 0 spiro atoms. The minimum Gasteiger partial charge on any atom is -0.487 e. The van der Waals surface area contributed by atoms with Gasteiger partial charge in [0.1, 0.15) is 17.5 Å². The van der Waals surface area contributed by atoms with Crippen LogP contribution in [0.4, 0.5) is 5.69 Å². The summed E-state index contributed by atoms with van der Waals surface area (Å²) in [4.78, 5) is 4.12. The van der Waals surface area contributed by atoms with Crippen molar-refractivity contribution < 1.29 is 4.74 Å². The Morgan fingerprint density at radius 1 is 1.22 bits per heavy atom. The number of halogens is 2. The summed E-state index contributed by atoms with van der Waals surface area (Å²) in [5, 5.41) is 0.930. The van der Waals surface area contributed by atoms with Gasteiger partial charge in [0.15, 0.2) is 0 Å². The number of anilines is 1. The van der Waals surface area contributed by atoms with E-state index in [9.17, 15) is 0 Å². The predicted octanol–water partition coefficient (Wildman–Crippen LogP) is 3.86. The number of nitrogen functional groups attached to an aromatic ring is 1. The third-order valence-corrected chi connectivity index (χ3v) is 3.00. The van der Waals surface area contributed by atoms with Crippen LogP contribution in [0.25, 0.3) is 0 Å². The van der Waals surface area contributed by atoms with E-state index < -0.39 is 0 Å². The van der Waals surface area contributed by atoms with E-state index >= 15 is 0 Å². The molecule has 0 atom stereocenters. The van der Waals surface area contributed by atoms with Crippen LogP contribution in [-0.4, -0.2) is 4.98 Å². The molecule has 2 aromatic rings. The molecule has 1 aromatic carbocycles. The fraction of sp³-hybridized carbons (Fsp3) is 0.154. The highest BCUT2D eigenvalue weighted by Crippen LogP contribution is 2.23. The molecule has 0 unspecified atom stereocenters. The second-order valence-corrected chi connectivity index (χ2v) is 4.67. The number of pyridine rings is 1. The highest BCUT2D eigenvalue weighted by molar-refractivity contribution is 6.32. The second-order valence-electron chi connectivity index (χ2n) is 3.88. The number of benzene rings is 1. The number of rotatable bonds is 3. The molecule has 2 rings (SSSR count). The van der Waals surface area contributed by atoms with Crippen LogP contribution < -0.4 is 10.5 Å². The molecule has 1 heterocycles. The third-order valence-electron chi connectivity index (χ3n) is 2.45. The van der Waals surface area contributed by atoms with E-state index in [1.807, 2.05) is 19.1 Å². The highest BCUT2D eigenvalue weighted by Gasteiger charge is 2.06. The number of aromatic nitrogens is 1. The van der Waals surface area contributed by atoms with Crippen LogP contribution in [0.5, 0.6) is 5.75 Å². The first kappa shape index (κ1) is 13.0. The molecular weight excluding hydrogens is 271 g/mol. The van der Waals surface area contributed by atoms with Crippen molar-refractivity contribution in [2.45, 2.75) is 13.5 Å². The van der Waals surface area contributed by atoms with Crippen molar-refractivity contribution in [3.63, 3.8) is 0 Å². The number of hydrogen-bond acceptors (Lipinski definition) is 3. The van der Waals surface area contributed by atoms with Crippen molar-refractivity contribution in [2.75, 3.05) is 5.73 Å². The van der Waals surface area contributed by atoms with Crippen molar-refractivity contribution in [1.29, 1.82) is 0 Å². The highest BCUT2D eigenvalue weighted by atomic mass is 35.5. The number of ether oxygens (including phenoxy) is 1. The largest absolute Gasteiger partial charge is 0.487 e. The molecule has 3 nitrogen and oxygen atoms in total. The summed E-state index contributed by atoms with van der Waals surface area (Å²) in [6.45, 7) is 2.20. The zero-order chi connectivity index (χ0) is 13.1. The van der Waals surface area contributed by atoms with Crippen LogP contribution >= 0.6 is 23.2 Å². The molecule has 0 fully saturated rings. The number of nitrogens with two attached hydrogens (primary N) is 1. The molecule has 0 aliphatic carbocycles. The van der Waals surface area contributed by atoms with E-state index in [4.69, 9.17) is 33.7 Å². The van der Waals surface area contributed by atoms with Crippen LogP contribution in [0.2, 0.25) is 10.2 Å². The average molecular weight is 283 g/mol. The van der Waals surface area contributed by atoms with Crippen LogP contribution in [0.1, 0.15) is 11.3 Å². The minimum atomic E-state index is 0.268. The summed E-state index contributed by atoms with van der Waals surface area (Å²) in [7, 11) is 0. The van der Waals surface area contributed by atoms with Gasteiger partial charge >= 0.3 is 0 Å². The maximum atomic E-state index is 6.01.